The second-order valence-corrected chi connectivity index (χ2v) is 4.20. The minimum absolute atomic E-state index is 0.160. The van der Waals surface area contributed by atoms with Gasteiger partial charge in [0.2, 0.25) is 0 Å². The molecule has 0 amide bonds. The Morgan fingerprint density at radius 3 is 2.94 bits per heavy atom. The lowest BCUT2D eigenvalue weighted by Crippen LogP contribution is -2.06. The van der Waals surface area contributed by atoms with Crippen molar-refractivity contribution in [2.75, 3.05) is 0 Å². The van der Waals surface area contributed by atoms with E-state index in [4.69, 9.17) is 4.42 Å². The highest BCUT2D eigenvalue weighted by atomic mass is 16.4. The summed E-state index contributed by atoms with van der Waals surface area (Å²) in [6.45, 7) is 0. The van der Waals surface area contributed by atoms with Crippen LogP contribution in [0.1, 0.15) is 18.5 Å². The molecule has 0 spiro atoms. The number of benzene rings is 1. The van der Waals surface area contributed by atoms with E-state index in [2.05, 4.69) is 4.98 Å². The number of aliphatic hydroxyl groups excluding tert-OH is 1. The molecule has 86 valence electrons. The van der Waals surface area contributed by atoms with Crippen LogP contribution in [0, 0.1) is 5.92 Å². The molecule has 0 radical (unpaired) electrons. The predicted octanol–water partition coefficient (Wildman–Crippen LogP) is 2.50. The molecule has 4 heteroatoms. The fraction of sp³-hybridized carbons (Fsp3) is 0.231. The van der Waals surface area contributed by atoms with Gasteiger partial charge in [-0.1, -0.05) is 12.1 Å². The van der Waals surface area contributed by atoms with Crippen LogP contribution in [-0.2, 0) is 0 Å². The molecule has 1 aliphatic carbocycles. The number of fused-ring (bicyclic) bond motifs is 1. The summed E-state index contributed by atoms with van der Waals surface area (Å²) in [7, 11) is 0. The van der Waals surface area contributed by atoms with E-state index in [-0.39, 0.29) is 17.4 Å². The van der Waals surface area contributed by atoms with Gasteiger partial charge in [0.25, 0.3) is 0 Å². The second kappa shape index (κ2) is 3.73. The van der Waals surface area contributed by atoms with Crippen LogP contribution in [-0.4, -0.2) is 10.1 Å². The molecule has 1 fully saturated rings. The number of hydrogen-bond acceptors (Lipinski definition) is 4. The summed E-state index contributed by atoms with van der Waals surface area (Å²) in [5.74, 6) is 0.419. The molecule has 0 aliphatic heterocycles. The molecule has 0 saturated heterocycles. The highest BCUT2D eigenvalue weighted by Crippen LogP contribution is 2.35. The quantitative estimate of drug-likeness (QED) is 0.803. The topological polar surface area (TPSA) is 63.3 Å². The lowest BCUT2D eigenvalue weighted by atomic mass is 10.2. The minimum Gasteiger partial charge on any atom is -0.512 e. The molecule has 1 aromatic carbocycles. The average Bonchev–Trinajstić information content (AvgIpc) is 3.14. The van der Waals surface area contributed by atoms with Crippen molar-refractivity contribution in [3.8, 4) is 0 Å². The monoisotopic (exact) mass is 229 g/mol. The third-order valence-corrected chi connectivity index (χ3v) is 2.80. The molecule has 17 heavy (non-hydrogen) atoms. The van der Waals surface area contributed by atoms with Crippen molar-refractivity contribution >= 4 is 17.2 Å². The molecule has 4 nitrogen and oxygen atoms in total. The number of para-hydroxylation sites is 2. The third-order valence-electron chi connectivity index (χ3n) is 2.80. The van der Waals surface area contributed by atoms with Gasteiger partial charge in [-0.15, -0.1) is 0 Å². The van der Waals surface area contributed by atoms with Crippen LogP contribution in [0.5, 0.6) is 0 Å². The molecule has 2 aromatic rings. The zero-order valence-corrected chi connectivity index (χ0v) is 9.09. The van der Waals surface area contributed by atoms with Crippen LogP contribution < -0.4 is 5.63 Å². The van der Waals surface area contributed by atoms with Gasteiger partial charge in [-0.05, 0) is 25.0 Å². The largest absolute Gasteiger partial charge is 0.512 e. The summed E-state index contributed by atoms with van der Waals surface area (Å²) in [5.41, 5.74) is 0.714. The van der Waals surface area contributed by atoms with Crippen molar-refractivity contribution in [1.29, 1.82) is 0 Å². The first-order valence-electron chi connectivity index (χ1n) is 5.54. The Balaban J connectivity index is 2.13. The summed E-state index contributed by atoms with van der Waals surface area (Å²) < 4.78 is 5.12. The number of nitrogens with zero attached hydrogens (tertiary/aromatic N) is 1. The number of hydrogen-bond donors (Lipinski definition) is 1. The average molecular weight is 229 g/mol. The molecule has 0 bridgehead atoms. The standard InChI is InChI=1S/C13H11NO3/c15-11(8-5-6-8)7-10-13(16)17-12-4-2-1-3-9(12)14-10/h1-4,7-8,15H,5-6H2. The molecule has 1 aliphatic rings. The Kier molecular flexibility index (Phi) is 2.21. The lowest BCUT2D eigenvalue weighted by molar-refractivity contribution is 0.384. The molecule has 1 aromatic heterocycles. The molecule has 1 saturated carbocycles. The van der Waals surface area contributed by atoms with E-state index in [0.717, 1.165) is 12.8 Å². The van der Waals surface area contributed by atoms with Crippen LogP contribution >= 0.6 is 0 Å². The Morgan fingerprint density at radius 2 is 2.18 bits per heavy atom. The maximum atomic E-state index is 11.6. The zero-order valence-electron chi connectivity index (χ0n) is 9.09. The molecular weight excluding hydrogens is 218 g/mol. The van der Waals surface area contributed by atoms with Gasteiger partial charge in [-0.3, -0.25) is 0 Å². The first kappa shape index (κ1) is 10.1. The maximum Gasteiger partial charge on any atom is 0.362 e. The Labute approximate surface area is 97.2 Å². The maximum absolute atomic E-state index is 11.6. The SMILES string of the molecule is O=c1oc2ccccc2nc1C=C(O)C1CC1. The van der Waals surface area contributed by atoms with Gasteiger partial charge in [0, 0.05) is 12.0 Å². The van der Waals surface area contributed by atoms with Gasteiger partial charge in [-0.25, -0.2) is 9.78 Å². The minimum atomic E-state index is -0.518. The smallest absolute Gasteiger partial charge is 0.362 e. The summed E-state index contributed by atoms with van der Waals surface area (Å²) in [6.07, 6.45) is 3.36. The van der Waals surface area contributed by atoms with E-state index in [0.29, 0.717) is 11.1 Å². The van der Waals surface area contributed by atoms with Crippen LogP contribution in [0.2, 0.25) is 0 Å². The van der Waals surface area contributed by atoms with E-state index in [1.165, 1.54) is 6.08 Å². The summed E-state index contributed by atoms with van der Waals surface area (Å²) >= 11 is 0. The molecule has 0 unspecified atom stereocenters. The fourth-order valence-corrected chi connectivity index (χ4v) is 1.69. The highest BCUT2D eigenvalue weighted by molar-refractivity contribution is 5.72. The van der Waals surface area contributed by atoms with Crippen LogP contribution in [0.3, 0.4) is 0 Å². The van der Waals surface area contributed by atoms with Crippen molar-refractivity contribution in [2.24, 2.45) is 5.92 Å². The van der Waals surface area contributed by atoms with Crippen molar-refractivity contribution in [3.05, 3.63) is 46.1 Å². The summed E-state index contributed by atoms with van der Waals surface area (Å²) in [6, 6.07) is 7.06. The molecule has 0 atom stereocenters. The number of aliphatic hydroxyl groups is 1. The van der Waals surface area contributed by atoms with Gasteiger partial charge in [0.1, 0.15) is 5.52 Å². The number of aromatic nitrogens is 1. The van der Waals surface area contributed by atoms with E-state index < -0.39 is 5.63 Å². The molecular formula is C13H11NO3. The fourth-order valence-electron chi connectivity index (χ4n) is 1.69. The van der Waals surface area contributed by atoms with Crippen molar-refractivity contribution in [3.63, 3.8) is 0 Å². The second-order valence-electron chi connectivity index (χ2n) is 4.20. The molecule has 1 heterocycles. The van der Waals surface area contributed by atoms with Gasteiger partial charge in [0.15, 0.2) is 11.3 Å². The first-order chi connectivity index (χ1) is 8.24. The third kappa shape index (κ3) is 1.93. The first-order valence-corrected chi connectivity index (χ1v) is 5.54. The van der Waals surface area contributed by atoms with E-state index in [9.17, 15) is 9.90 Å². The van der Waals surface area contributed by atoms with Crippen molar-refractivity contribution in [2.45, 2.75) is 12.8 Å². The lowest BCUT2D eigenvalue weighted by Gasteiger charge is -1.98. The molecule has 3 rings (SSSR count). The van der Waals surface area contributed by atoms with Gasteiger partial charge in [0.05, 0.1) is 5.76 Å². The van der Waals surface area contributed by atoms with Crippen molar-refractivity contribution in [1.82, 2.24) is 4.98 Å². The predicted molar refractivity (Wildman–Crippen MR) is 63.6 cm³/mol. The summed E-state index contributed by atoms with van der Waals surface area (Å²) in [5, 5.41) is 9.68. The van der Waals surface area contributed by atoms with Crippen LogP contribution in [0.15, 0.2) is 39.2 Å². The van der Waals surface area contributed by atoms with Crippen molar-refractivity contribution < 1.29 is 9.52 Å². The van der Waals surface area contributed by atoms with Gasteiger partial charge in [-0.2, -0.15) is 0 Å². The number of allylic oxidation sites excluding steroid dienone is 1. The summed E-state index contributed by atoms with van der Waals surface area (Å²) in [4.78, 5) is 15.8. The Bertz CT molecular complexity index is 653. The van der Waals surface area contributed by atoms with Crippen LogP contribution in [0.25, 0.3) is 17.2 Å². The Morgan fingerprint density at radius 1 is 1.41 bits per heavy atom. The van der Waals surface area contributed by atoms with Gasteiger partial charge < -0.3 is 9.52 Å². The Hall–Kier alpha value is -2.10. The normalized spacial score (nSPS) is 16.4. The molecule has 1 N–H and O–H groups in total. The van der Waals surface area contributed by atoms with E-state index in [1.54, 1.807) is 18.2 Å². The highest BCUT2D eigenvalue weighted by Gasteiger charge is 2.26. The van der Waals surface area contributed by atoms with Crippen LogP contribution in [0.4, 0.5) is 0 Å². The number of rotatable bonds is 2. The van der Waals surface area contributed by atoms with Gasteiger partial charge >= 0.3 is 5.63 Å². The van der Waals surface area contributed by atoms with E-state index >= 15 is 0 Å². The zero-order chi connectivity index (χ0) is 11.8. The van der Waals surface area contributed by atoms with E-state index in [1.807, 2.05) is 6.07 Å².